The van der Waals surface area contributed by atoms with Crippen LogP contribution in [0.15, 0.2) is 42.5 Å². The number of halogens is 2. The molecule has 2 aromatic rings. The maximum absolute atomic E-state index is 12.8. The number of hydrogen-bond acceptors (Lipinski definition) is 4. The Labute approximate surface area is 170 Å². The Balaban J connectivity index is 0.00000261. The third-order valence-electron chi connectivity index (χ3n) is 4.63. The van der Waals surface area contributed by atoms with Crippen molar-refractivity contribution < 1.29 is 14.3 Å². The van der Waals surface area contributed by atoms with E-state index < -0.39 is 0 Å². The summed E-state index contributed by atoms with van der Waals surface area (Å²) >= 11 is 5.89. The van der Waals surface area contributed by atoms with Gasteiger partial charge in [0.25, 0.3) is 5.91 Å². The molecule has 0 aromatic heterocycles. The van der Waals surface area contributed by atoms with Crippen molar-refractivity contribution in [3.05, 3.63) is 58.6 Å². The largest absolute Gasteiger partial charge is 0.493 e. The molecule has 5 nitrogen and oxygen atoms in total. The lowest BCUT2D eigenvalue weighted by Gasteiger charge is -2.24. The molecule has 1 aliphatic heterocycles. The summed E-state index contributed by atoms with van der Waals surface area (Å²) in [5, 5.41) is 0.687. The molecule has 1 fully saturated rings. The minimum atomic E-state index is -0.0134. The van der Waals surface area contributed by atoms with Crippen molar-refractivity contribution in [1.29, 1.82) is 0 Å². The zero-order valence-corrected chi connectivity index (χ0v) is 16.8. The molecular weight excluding hydrogens is 387 g/mol. The smallest absolute Gasteiger partial charge is 0.254 e. The number of methoxy groups -OCH3 is 1. The van der Waals surface area contributed by atoms with Crippen molar-refractivity contribution >= 4 is 29.9 Å². The maximum Gasteiger partial charge on any atom is 0.254 e. The molecule has 7 heteroatoms. The number of nitrogens with two attached hydrogens (primary N) is 1. The van der Waals surface area contributed by atoms with Gasteiger partial charge in [-0.3, -0.25) is 4.79 Å². The molecular formula is C20H24Cl2N2O3. The average molecular weight is 411 g/mol. The molecule has 1 amide bonds. The van der Waals surface area contributed by atoms with Crippen LogP contribution in [-0.2, 0) is 6.61 Å². The molecule has 0 bridgehead atoms. The SMILES string of the molecule is COc1cc(C(=O)N2CCCC2CN)ccc1OCc1ccc(Cl)cc1.Cl. The quantitative estimate of drug-likeness (QED) is 0.783. The van der Waals surface area contributed by atoms with Crippen LogP contribution in [0.2, 0.25) is 5.02 Å². The highest BCUT2D eigenvalue weighted by Gasteiger charge is 2.28. The highest BCUT2D eigenvalue weighted by molar-refractivity contribution is 6.30. The van der Waals surface area contributed by atoms with Gasteiger partial charge in [0, 0.05) is 29.7 Å². The first-order valence-electron chi connectivity index (χ1n) is 8.68. The second-order valence-electron chi connectivity index (χ2n) is 6.31. The minimum absolute atomic E-state index is 0. The van der Waals surface area contributed by atoms with Gasteiger partial charge in [-0.1, -0.05) is 23.7 Å². The van der Waals surface area contributed by atoms with Gasteiger partial charge in [0.1, 0.15) is 6.61 Å². The second-order valence-corrected chi connectivity index (χ2v) is 6.75. The average Bonchev–Trinajstić information content (AvgIpc) is 3.15. The summed E-state index contributed by atoms with van der Waals surface area (Å²) in [6.07, 6.45) is 1.95. The first-order chi connectivity index (χ1) is 12.6. The fourth-order valence-electron chi connectivity index (χ4n) is 3.18. The normalized spacial score (nSPS) is 16.0. The molecule has 1 aliphatic rings. The minimum Gasteiger partial charge on any atom is -0.493 e. The summed E-state index contributed by atoms with van der Waals surface area (Å²) in [6.45, 7) is 1.63. The van der Waals surface area contributed by atoms with Crippen LogP contribution < -0.4 is 15.2 Å². The number of rotatable bonds is 6. The number of carbonyl (C=O) groups is 1. The molecule has 2 aromatic carbocycles. The highest BCUT2D eigenvalue weighted by Crippen LogP contribution is 2.30. The van der Waals surface area contributed by atoms with E-state index in [1.54, 1.807) is 25.3 Å². The predicted octanol–water partition coefficient (Wildman–Crippen LogP) is 3.91. The van der Waals surface area contributed by atoms with Crippen molar-refractivity contribution in [3.63, 3.8) is 0 Å². The van der Waals surface area contributed by atoms with Gasteiger partial charge in [-0.15, -0.1) is 12.4 Å². The van der Waals surface area contributed by atoms with E-state index in [-0.39, 0.29) is 24.4 Å². The van der Waals surface area contributed by atoms with E-state index in [0.717, 1.165) is 24.9 Å². The second kappa shape index (κ2) is 9.83. The Kier molecular flexibility index (Phi) is 7.78. The standard InChI is InChI=1S/C20H23ClN2O3.ClH/c1-25-19-11-15(20(24)23-10-2-3-17(23)12-22)6-9-18(19)26-13-14-4-7-16(21)8-5-14;/h4-9,11,17H,2-3,10,12-13,22H2,1H3;1H. The van der Waals surface area contributed by atoms with Gasteiger partial charge in [-0.25, -0.2) is 0 Å². The van der Waals surface area contributed by atoms with Crippen LogP contribution in [0.4, 0.5) is 0 Å². The zero-order chi connectivity index (χ0) is 18.5. The summed E-state index contributed by atoms with van der Waals surface area (Å²) in [4.78, 5) is 14.6. The third kappa shape index (κ3) is 5.06. The van der Waals surface area contributed by atoms with Gasteiger partial charge in [-0.2, -0.15) is 0 Å². The van der Waals surface area contributed by atoms with Gasteiger partial charge in [0.05, 0.1) is 7.11 Å². The molecule has 0 radical (unpaired) electrons. The summed E-state index contributed by atoms with van der Waals surface area (Å²) < 4.78 is 11.3. The van der Waals surface area contributed by atoms with Gasteiger partial charge < -0.3 is 20.1 Å². The van der Waals surface area contributed by atoms with Gasteiger partial charge in [0.2, 0.25) is 0 Å². The van der Waals surface area contributed by atoms with E-state index in [1.165, 1.54) is 0 Å². The van der Waals surface area contributed by atoms with Crippen molar-refractivity contribution in [2.75, 3.05) is 20.2 Å². The Morgan fingerprint density at radius 1 is 1.22 bits per heavy atom. The molecule has 0 spiro atoms. The van der Waals surface area contributed by atoms with E-state index in [1.807, 2.05) is 29.2 Å². The van der Waals surface area contributed by atoms with Gasteiger partial charge in [0.15, 0.2) is 11.5 Å². The molecule has 1 heterocycles. The Hall–Kier alpha value is -1.95. The monoisotopic (exact) mass is 410 g/mol. The predicted molar refractivity (Wildman–Crippen MR) is 109 cm³/mol. The molecule has 27 heavy (non-hydrogen) atoms. The van der Waals surface area contributed by atoms with Gasteiger partial charge >= 0.3 is 0 Å². The lowest BCUT2D eigenvalue weighted by atomic mass is 10.1. The third-order valence-corrected chi connectivity index (χ3v) is 4.88. The van der Waals surface area contributed by atoms with Crippen molar-refractivity contribution in [2.24, 2.45) is 5.73 Å². The van der Waals surface area contributed by atoms with Crippen LogP contribution in [0.1, 0.15) is 28.8 Å². The van der Waals surface area contributed by atoms with Crippen LogP contribution in [0.3, 0.4) is 0 Å². The summed E-state index contributed by atoms with van der Waals surface area (Å²) in [5.41, 5.74) is 7.36. The molecule has 3 rings (SSSR count). The Bertz CT molecular complexity index is 768. The van der Waals surface area contributed by atoms with Gasteiger partial charge in [-0.05, 0) is 48.7 Å². The van der Waals surface area contributed by atoms with Crippen molar-refractivity contribution in [1.82, 2.24) is 4.90 Å². The number of hydrogen-bond donors (Lipinski definition) is 1. The summed E-state index contributed by atoms with van der Waals surface area (Å²) in [7, 11) is 1.57. The van der Waals surface area contributed by atoms with E-state index in [0.29, 0.717) is 35.2 Å². The lowest BCUT2D eigenvalue weighted by Crippen LogP contribution is -2.39. The molecule has 1 unspecified atom stereocenters. The molecule has 0 saturated carbocycles. The number of benzene rings is 2. The Morgan fingerprint density at radius 2 is 1.96 bits per heavy atom. The molecule has 1 atom stereocenters. The van der Waals surface area contributed by atoms with Crippen LogP contribution >= 0.6 is 24.0 Å². The number of carbonyl (C=O) groups excluding carboxylic acids is 1. The van der Waals surface area contributed by atoms with E-state index in [2.05, 4.69) is 0 Å². The molecule has 0 aliphatic carbocycles. The maximum atomic E-state index is 12.8. The number of amides is 1. The first-order valence-corrected chi connectivity index (χ1v) is 9.06. The number of nitrogens with zero attached hydrogens (tertiary/aromatic N) is 1. The lowest BCUT2D eigenvalue weighted by molar-refractivity contribution is 0.0740. The van der Waals surface area contributed by atoms with E-state index in [4.69, 9.17) is 26.8 Å². The van der Waals surface area contributed by atoms with Crippen LogP contribution in [-0.4, -0.2) is 37.0 Å². The fourth-order valence-corrected chi connectivity index (χ4v) is 3.30. The zero-order valence-electron chi connectivity index (χ0n) is 15.2. The molecule has 2 N–H and O–H groups in total. The van der Waals surface area contributed by atoms with Crippen LogP contribution in [0, 0.1) is 0 Å². The fraction of sp³-hybridized carbons (Fsp3) is 0.350. The topological polar surface area (TPSA) is 64.8 Å². The van der Waals surface area contributed by atoms with Crippen LogP contribution in [0.25, 0.3) is 0 Å². The summed E-state index contributed by atoms with van der Waals surface area (Å²) in [5.74, 6) is 1.12. The van der Waals surface area contributed by atoms with Crippen molar-refractivity contribution in [3.8, 4) is 11.5 Å². The summed E-state index contributed by atoms with van der Waals surface area (Å²) in [6, 6.07) is 12.9. The van der Waals surface area contributed by atoms with Crippen LogP contribution in [0.5, 0.6) is 11.5 Å². The first kappa shape index (κ1) is 21.4. The molecule has 1 saturated heterocycles. The Morgan fingerprint density at radius 3 is 2.63 bits per heavy atom. The number of likely N-dealkylation sites (tertiary alicyclic amines) is 1. The highest BCUT2D eigenvalue weighted by atomic mass is 35.5. The van der Waals surface area contributed by atoms with E-state index >= 15 is 0 Å². The molecule has 146 valence electrons. The number of ether oxygens (including phenoxy) is 2. The van der Waals surface area contributed by atoms with E-state index in [9.17, 15) is 4.79 Å². The van der Waals surface area contributed by atoms with Crippen molar-refractivity contribution in [2.45, 2.75) is 25.5 Å².